The van der Waals surface area contributed by atoms with Crippen molar-refractivity contribution in [3.05, 3.63) is 0 Å². The van der Waals surface area contributed by atoms with Crippen LogP contribution in [0.25, 0.3) is 0 Å². The highest BCUT2D eigenvalue weighted by atomic mass is 19.4. The molecule has 0 aromatic carbocycles. The van der Waals surface area contributed by atoms with Gasteiger partial charge in [0.25, 0.3) is 0 Å². The van der Waals surface area contributed by atoms with Gasteiger partial charge < -0.3 is 0 Å². The van der Waals surface area contributed by atoms with Gasteiger partial charge in [-0.15, -0.1) is 0 Å². The molecule has 1 heterocycles. The van der Waals surface area contributed by atoms with E-state index in [1.807, 2.05) is 0 Å². The smallest absolute Gasteiger partial charge is 0.298 e. The molecule has 0 aliphatic carbocycles. The summed E-state index contributed by atoms with van der Waals surface area (Å²) in [6.07, 6.45) is -4.26. The van der Waals surface area contributed by atoms with E-state index >= 15 is 0 Å². The normalized spacial score (nSPS) is 30.8. The molecule has 0 amide bonds. The molecule has 0 spiro atoms. The van der Waals surface area contributed by atoms with Crippen LogP contribution in [0.1, 0.15) is 13.3 Å². The molecule has 0 saturated carbocycles. The summed E-state index contributed by atoms with van der Waals surface area (Å²) in [6.45, 7) is 1.27. The SMILES string of the molecule is CC(=O)C1CC(C(F)(F)F)CN1C. The Hall–Kier alpha value is -0.580. The lowest BCUT2D eigenvalue weighted by Gasteiger charge is -2.15. The van der Waals surface area contributed by atoms with Crippen molar-refractivity contribution in [1.82, 2.24) is 4.90 Å². The number of likely N-dealkylation sites (N-methyl/N-ethyl adjacent to an activating group) is 1. The van der Waals surface area contributed by atoms with Crippen molar-refractivity contribution in [1.29, 1.82) is 0 Å². The zero-order valence-electron chi connectivity index (χ0n) is 7.56. The Morgan fingerprint density at radius 3 is 2.23 bits per heavy atom. The summed E-state index contributed by atoms with van der Waals surface area (Å²) < 4.78 is 36.7. The van der Waals surface area contributed by atoms with E-state index in [1.54, 1.807) is 7.05 Å². The standard InChI is InChI=1S/C8H12F3NO/c1-5(13)7-3-6(4-12(7)2)8(9,10)11/h6-7H,3-4H2,1-2H3. The van der Waals surface area contributed by atoms with Crippen LogP contribution in [0.5, 0.6) is 0 Å². The van der Waals surface area contributed by atoms with Crippen molar-refractivity contribution in [2.45, 2.75) is 25.6 Å². The largest absolute Gasteiger partial charge is 0.393 e. The third-order valence-corrected chi connectivity index (χ3v) is 2.48. The molecule has 2 unspecified atom stereocenters. The predicted molar refractivity (Wildman–Crippen MR) is 41.3 cm³/mol. The number of likely N-dealkylation sites (tertiary alicyclic amines) is 1. The minimum Gasteiger partial charge on any atom is -0.298 e. The minimum atomic E-state index is -4.17. The fraction of sp³-hybridized carbons (Fsp3) is 0.875. The molecule has 1 saturated heterocycles. The van der Waals surface area contributed by atoms with Crippen molar-refractivity contribution in [2.75, 3.05) is 13.6 Å². The summed E-state index contributed by atoms with van der Waals surface area (Å²) in [7, 11) is 1.55. The van der Waals surface area contributed by atoms with Gasteiger partial charge in [0.1, 0.15) is 5.78 Å². The summed E-state index contributed by atoms with van der Waals surface area (Å²) in [4.78, 5) is 12.4. The first-order valence-corrected chi connectivity index (χ1v) is 4.09. The van der Waals surface area contributed by atoms with Crippen LogP contribution in [0, 0.1) is 5.92 Å². The number of halogens is 3. The molecule has 1 fully saturated rings. The number of carbonyl (C=O) groups excluding carboxylic acids is 1. The van der Waals surface area contributed by atoms with Crippen LogP contribution < -0.4 is 0 Å². The Labute approximate surface area is 74.7 Å². The van der Waals surface area contributed by atoms with Gasteiger partial charge in [0.2, 0.25) is 0 Å². The molecule has 76 valence electrons. The quantitative estimate of drug-likeness (QED) is 0.631. The van der Waals surface area contributed by atoms with E-state index in [0.29, 0.717) is 0 Å². The van der Waals surface area contributed by atoms with Crippen LogP contribution in [-0.2, 0) is 4.79 Å². The van der Waals surface area contributed by atoms with Crippen LogP contribution in [0.4, 0.5) is 13.2 Å². The third kappa shape index (κ3) is 2.21. The predicted octanol–water partition coefficient (Wildman–Crippen LogP) is 1.46. The number of hydrogen-bond donors (Lipinski definition) is 0. The van der Waals surface area contributed by atoms with Gasteiger partial charge in [-0.25, -0.2) is 0 Å². The van der Waals surface area contributed by atoms with Crippen molar-refractivity contribution in [3.63, 3.8) is 0 Å². The molecule has 1 aliphatic heterocycles. The maximum Gasteiger partial charge on any atom is 0.393 e. The number of carbonyl (C=O) groups is 1. The second-order valence-corrected chi connectivity index (χ2v) is 3.54. The second kappa shape index (κ2) is 3.29. The van der Waals surface area contributed by atoms with Crippen molar-refractivity contribution < 1.29 is 18.0 Å². The zero-order chi connectivity index (χ0) is 10.2. The Kier molecular flexibility index (Phi) is 2.66. The number of nitrogens with zero attached hydrogens (tertiary/aromatic N) is 1. The van der Waals surface area contributed by atoms with Gasteiger partial charge in [0, 0.05) is 6.54 Å². The Bertz CT molecular complexity index is 214. The second-order valence-electron chi connectivity index (χ2n) is 3.54. The lowest BCUT2D eigenvalue weighted by Crippen LogP contribution is -2.31. The number of alkyl halides is 3. The Balaban J connectivity index is 2.65. The van der Waals surface area contributed by atoms with Crippen LogP contribution in [-0.4, -0.2) is 36.5 Å². The van der Waals surface area contributed by atoms with Crippen molar-refractivity contribution >= 4 is 5.78 Å². The third-order valence-electron chi connectivity index (χ3n) is 2.48. The molecule has 0 N–H and O–H groups in total. The van der Waals surface area contributed by atoms with Gasteiger partial charge in [0.15, 0.2) is 0 Å². The molecule has 0 bridgehead atoms. The molecule has 0 radical (unpaired) electrons. The number of ketones is 1. The molecule has 5 heteroatoms. The van der Waals surface area contributed by atoms with E-state index in [1.165, 1.54) is 11.8 Å². The monoisotopic (exact) mass is 195 g/mol. The van der Waals surface area contributed by atoms with Gasteiger partial charge in [-0.1, -0.05) is 0 Å². The average Bonchev–Trinajstić information content (AvgIpc) is 2.29. The van der Waals surface area contributed by atoms with Gasteiger partial charge in [0.05, 0.1) is 12.0 Å². The maximum absolute atomic E-state index is 12.2. The molecule has 1 aliphatic rings. The molecule has 0 aromatic rings. The maximum atomic E-state index is 12.2. The van der Waals surface area contributed by atoms with E-state index in [-0.39, 0.29) is 18.7 Å². The van der Waals surface area contributed by atoms with Crippen molar-refractivity contribution in [2.24, 2.45) is 5.92 Å². The topological polar surface area (TPSA) is 20.3 Å². The summed E-state index contributed by atoms with van der Waals surface area (Å²) in [5, 5.41) is 0. The number of rotatable bonds is 1. The van der Waals surface area contributed by atoms with Gasteiger partial charge in [-0.05, 0) is 20.4 Å². The Morgan fingerprint density at radius 2 is 2.00 bits per heavy atom. The molecule has 1 rings (SSSR count). The molecule has 0 aromatic heterocycles. The first-order valence-electron chi connectivity index (χ1n) is 4.09. The summed E-state index contributed by atoms with van der Waals surface area (Å²) in [5.74, 6) is -1.53. The lowest BCUT2D eigenvalue weighted by atomic mass is 10.0. The highest BCUT2D eigenvalue weighted by molar-refractivity contribution is 5.81. The minimum absolute atomic E-state index is 0.0618. The molecule has 2 atom stereocenters. The van der Waals surface area contributed by atoms with Gasteiger partial charge in [-0.2, -0.15) is 13.2 Å². The number of hydrogen-bond acceptors (Lipinski definition) is 2. The highest BCUT2D eigenvalue weighted by Gasteiger charge is 2.47. The zero-order valence-corrected chi connectivity index (χ0v) is 7.56. The summed E-state index contributed by atoms with van der Waals surface area (Å²) in [6, 6.07) is -0.549. The molecular formula is C8H12F3NO. The first kappa shape index (κ1) is 10.5. The first-order chi connectivity index (χ1) is 5.82. The van der Waals surface area contributed by atoms with Gasteiger partial charge >= 0.3 is 6.18 Å². The van der Waals surface area contributed by atoms with E-state index in [9.17, 15) is 18.0 Å². The fourth-order valence-corrected chi connectivity index (χ4v) is 1.71. The van der Waals surface area contributed by atoms with Crippen LogP contribution in [0.2, 0.25) is 0 Å². The summed E-state index contributed by atoms with van der Waals surface area (Å²) in [5.41, 5.74) is 0. The summed E-state index contributed by atoms with van der Waals surface area (Å²) >= 11 is 0. The van der Waals surface area contributed by atoms with E-state index in [0.717, 1.165) is 0 Å². The Morgan fingerprint density at radius 1 is 1.46 bits per heavy atom. The molecule has 2 nitrogen and oxygen atoms in total. The number of Topliss-reactive ketones (excluding diaryl/α,β-unsaturated/α-hetero) is 1. The van der Waals surface area contributed by atoms with E-state index < -0.39 is 18.1 Å². The fourth-order valence-electron chi connectivity index (χ4n) is 1.71. The van der Waals surface area contributed by atoms with Crippen LogP contribution in [0.3, 0.4) is 0 Å². The highest BCUT2D eigenvalue weighted by Crippen LogP contribution is 2.35. The molecular weight excluding hydrogens is 183 g/mol. The van der Waals surface area contributed by atoms with E-state index in [2.05, 4.69) is 0 Å². The van der Waals surface area contributed by atoms with E-state index in [4.69, 9.17) is 0 Å². The van der Waals surface area contributed by atoms with Gasteiger partial charge in [-0.3, -0.25) is 9.69 Å². The van der Waals surface area contributed by atoms with Crippen LogP contribution in [0.15, 0.2) is 0 Å². The lowest BCUT2D eigenvalue weighted by molar-refractivity contribution is -0.170. The van der Waals surface area contributed by atoms with Crippen molar-refractivity contribution in [3.8, 4) is 0 Å². The van der Waals surface area contributed by atoms with Crippen LogP contribution >= 0.6 is 0 Å². The average molecular weight is 195 g/mol. The molecule has 13 heavy (non-hydrogen) atoms.